The van der Waals surface area contributed by atoms with Gasteiger partial charge in [0.15, 0.2) is 0 Å². The Balaban J connectivity index is 1.72. The van der Waals surface area contributed by atoms with Crippen LogP contribution in [-0.4, -0.2) is 17.3 Å². The van der Waals surface area contributed by atoms with E-state index in [1.807, 2.05) is 26.0 Å². The van der Waals surface area contributed by atoms with Crippen molar-refractivity contribution in [3.8, 4) is 11.1 Å². The average Bonchev–Trinajstić information content (AvgIpc) is 2.84. The summed E-state index contributed by atoms with van der Waals surface area (Å²) >= 11 is 4.45. The Morgan fingerprint density at radius 1 is 1.04 bits per heavy atom. The third-order valence-corrected chi connectivity index (χ3v) is 4.54. The number of esters is 1. The summed E-state index contributed by atoms with van der Waals surface area (Å²) in [5.74, 6) is -0.00986. The normalized spacial score (nSPS) is 13.5. The van der Waals surface area contributed by atoms with Crippen LogP contribution in [0.2, 0.25) is 0 Å². The molecule has 0 radical (unpaired) electrons. The first kappa shape index (κ1) is 16.1. The van der Waals surface area contributed by atoms with Crippen molar-refractivity contribution in [3.63, 3.8) is 0 Å². The highest BCUT2D eigenvalue weighted by atomic mass is 32.1. The third-order valence-electron chi connectivity index (χ3n) is 4.31. The van der Waals surface area contributed by atoms with Crippen molar-refractivity contribution in [1.29, 1.82) is 0 Å². The van der Waals surface area contributed by atoms with Crippen LogP contribution in [0, 0.1) is 0 Å². The van der Waals surface area contributed by atoms with E-state index in [2.05, 4.69) is 49.0 Å². The number of hydrogen-bond acceptors (Lipinski definition) is 3. The number of rotatable bonds is 5. The van der Waals surface area contributed by atoms with Crippen LogP contribution in [0.4, 0.5) is 0 Å². The molecule has 23 heavy (non-hydrogen) atoms. The number of carbonyl (C=O) groups is 1. The van der Waals surface area contributed by atoms with Crippen molar-refractivity contribution in [2.45, 2.75) is 37.4 Å². The van der Waals surface area contributed by atoms with Gasteiger partial charge >= 0.3 is 5.97 Å². The van der Waals surface area contributed by atoms with Gasteiger partial charge in [0.25, 0.3) is 0 Å². The lowest BCUT2D eigenvalue weighted by Crippen LogP contribution is -2.17. The number of fused-ring (bicyclic) bond motifs is 3. The van der Waals surface area contributed by atoms with Crippen LogP contribution >= 0.6 is 12.6 Å². The lowest BCUT2D eigenvalue weighted by Gasteiger charge is -2.17. The summed E-state index contributed by atoms with van der Waals surface area (Å²) in [7, 11) is 0. The van der Waals surface area contributed by atoms with Gasteiger partial charge in [0.1, 0.15) is 6.61 Å². The van der Waals surface area contributed by atoms with Gasteiger partial charge in [0, 0.05) is 17.1 Å². The summed E-state index contributed by atoms with van der Waals surface area (Å²) in [5, 5.41) is 0. The molecule has 2 aromatic carbocycles. The van der Waals surface area contributed by atoms with Crippen LogP contribution in [0.25, 0.3) is 11.1 Å². The Bertz CT molecular complexity index is 670. The molecule has 1 aliphatic carbocycles. The number of thiol groups is 1. The van der Waals surface area contributed by atoms with Crippen LogP contribution in [0.1, 0.15) is 43.7 Å². The first-order valence-corrected chi connectivity index (χ1v) is 8.47. The largest absolute Gasteiger partial charge is 0.465 e. The quantitative estimate of drug-likeness (QED) is 0.629. The Kier molecular flexibility index (Phi) is 4.49. The monoisotopic (exact) mass is 326 g/mol. The van der Waals surface area contributed by atoms with Gasteiger partial charge in [-0.15, -0.1) is 0 Å². The molecule has 0 spiro atoms. The molecule has 0 atom stereocenters. The van der Waals surface area contributed by atoms with E-state index in [9.17, 15) is 4.79 Å². The molecule has 2 aromatic rings. The zero-order chi connectivity index (χ0) is 16.4. The Morgan fingerprint density at radius 2 is 1.57 bits per heavy atom. The molecular formula is C20H22O2S. The Labute approximate surface area is 143 Å². The lowest BCUT2D eigenvalue weighted by atomic mass is 9.98. The fourth-order valence-corrected chi connectivity index (χ4v) is 3.21. The fraction of sp³-hybridized carbons (Fsp3) is 0.350. The zero-order valence-corrected chi connectivity index (χ0v) is 14.5. The lowest BCUT2D eigenvalue weighted by molar-refractivity contribution is -0.144. The topological polar surface area (TPSA) is 26.3 Å². The zero-order valence-electron chi connectivity index (χ0n) is 13.6. The summed E-state index contributed by atoms with van der Waals surface area (Å²) in [6.07, 6.45) is 1.12. The maximum absolute atomic E-state index is 12.0. The summed E-state index contributed by atoms with van der Waals surface area (Å²) in [6.45, 7) is 4.42. The van der Waals surface area contributed by atoms with E-state index in [0.717, 1.165) is 0 Å². The number of ether oxygens (including phenoxy) is 1. The molecule has 0 saturated heterocycles. The van der Waals surface area contributed by atoms with Crippen LogP contribution in [0.3, 0.4) is 0 Å². The Morgan fingerprint density at radius 3 is 2.09 bits per heavy atom. The van der Waals surface area contributed by atoms with Crippen LogP contribution < -0.4 is 0 Å². The molecule has 3 heteroatoms. The third kappa shape index (κ3) is 3.61. The molecule has 0 N–H and O–H groups in total. The Hall–Kier alpha value is -1.74. The van der Waals surface area contributed by atoms with Crippen molar-refractivity contribution < 1.29 is 9.53 Å². The molecule has 120 valence electrons. The van der Waals surface area contributed by atoms with Gasteiger partial charge in [0.05, 0.1) is 0 Å². The summed E-state index contributed by atoms with van der Waals surface area (Å²) < 4.78 is 5.41. The van der Waals surface area contributed by atoms with Gasteiger partial charge in [-0.1, -0.05) is 62.4 Å². The molecule has 0 heterocycles. The van der Waals surface area contributed by atoms with Gasteiger partial charge in [-0.25, -0.2) is 0 Å². The summed E-state index contributed by atoms with van der Waals surface area (Å²) in [5.41, 5.74) is 4.99. The van der Waals surface area contributed by atoms with Crippen molar-refractivity contribution in [2.24, 2.45) is 0 Å². The van der Waals surface area contributed by atoms with E-state index in [1.165, 1.54) is 22.3 Å². The first-order chi connectivity index (χ1) is 11.0. The molecule has 0 fully saturated rings. The highest BCUT2D eigenvalue weighted by Crippen LogP contribution is 2.44. The fourth-order valence-electron chi connectivity index (χ4n) is 3.10. The predicted octanol–water partition coefficient (Wildman–Crippen LogP) is 4.83. The predicted molar refractivity (Wildman–Crippen MR) is 97.0 cm³/mol. The molecular weight excluding hydrogens is 304 g/mol. The molecule has 0 amide bonds. The maximum atomic E-state index is 12.0. The second-order valence-corrected chi connectivity index (χ2v) is 7.93. The van der Waals surface area contributed by atoms with E-state index in [1.54, 1.807) is 0 Å². The van der Waals surface area contributed by atoms with Crippen molar-refractivity contribution in [2.75, 3.05) is 6.61 Å². The summed E-state index contributed by atoms with van der Waals surface area (Å²) in [6, 6.07) is 16.7. The highest BCUT2D eigenvalue weighted by molar-refractivity contribution is 7.81. The second-order valence-electron chi connectivity index (χ2n) is 6.72. The van der Waals surface area contributed by atoms with Crippen LogP contribution in [-0.2, 0) is 9.53 Å². The van der Waals surface area contributed by atoms with E-state index >= 15 is 0 Å². The van der Waals surface area contributed by atoms with E-state index in [-0.39, 0.29) is 16.6 Å². The standard InChI is InChI=1S/C20H22O2S/c1-20(2,23)12-11-19(21)22-13-18-16-9-5-3-7-14(16)15-8-4-6-10-17(15)18/h3-10,18,23H,11-13H2,1-2H3. The van der Waals surface area contributed by atoms with Crippen LogP contribution in [0.15, 0.2) is 48.5 Å². The molecule has 0 aliphatic heterocycles. The van der Waals surface area contributed by atoms with Crippen molar-refractivity contribution in [1.82, 2.24) is 0 Å². The van der Waals surface area contributed by atoms with E-state index < -0.39 is 0 Å². The van der Waals surface area contributed by atoms with E-state index in [0.29, 0.717) is 19.4 Å². The number of benzene rings is 2. The first-order valence-electron chi connectivity index (χ1n) is 8.02. The molecule has 0 unspecified atom stereocenters. The molecule has 0 bridgehead atoms. The average molecular weight is 326 g/mol. The van der Waals surface area contributed by atoms with Gasteiger partial charge in [-0.05, 0) is 28.7 Å². The minimum atomic E-state index is -0.147. The molecule has 1 aliphatic rings. The maximum Gasteiger partial charge on any atom is 0.305 e. The summed E-state index contributed by atoms with van der Waals surface area (Å²) in [4.78, 5) is 12.0. The highest BCUT2D eigenvalue weighted by Gasteiger charge is 2.29. The molecule has 0 saturated carbocycles. The minimum Gasteiger partial charge on any atom is -0.465 e. The van der Waals surface area contributed by atoms with Crippen LogP contribution in [0.5, 0.6) is 0 Å². The van der Waals surface area contributed by atoms with Crippen molar-refractivity contribution in [3.05, 3.63) is 59.7 Å². The van der Waals surface area contributed by atoms with Gasteiger partial charge in [-0.3, -0.25) is 4.79 Å². The van der Waals surface area contributed by atoms with Gasteiger partial charge in [-0.2, -0.15) is 12.6 Å². The van der Waals surface area contributed by atoms with Gasteiger partial charge < -0.3 is 4.74 Å². The SMILES string of the molecule is CC(C)(S)CCC(=O)OCC1c2ccccc2-c2ccccc21. The second kappa shape index (κ2) is 6.40. The minimum absolute atomic E-state index is 0.135. The number of hydrogen-bond donors (Lipinski definition) is 1. The smallest absolute Gasteiger partial charge is 0.305 e. The van der Waals surface area contributed by atoms with E-state index in [4.69, 9.17) is 4.74 Å². The molecule has 2 nitrogen and oxygen atoms in total. The molecule has 3 rings (SSSR count). The number of carbonyl (C=O) groups excluding carboxylic acids is 1. The van der Waals surface area contributed by atoms with Crippen molar-refractivity contribution >= 4 is 18.6 Å². The molecule has 0 aromatic heterocycles. The van der Waals surface area contributed by atoms with Gasteiger partial charge in [0.2, 0.25) is 0 Å².